The topological polar surface area (TPSA) is 46.2 Å². The zero-order chi connectivity index (χ0) is 9.78. The van der Waals surface area contributed by atoms with Gasteiger partial charge in [0.05, 0.1) is 0 Å². The van der Waals surface area contributed by atoms with E-state index in [0.29, 0.717) is 0 Å². The molecule has 0 fully saturated rings. The zero-order valence-corrected chi connectivity index (χ0v) is 9.15. The van der Waals surface area contributed by atoms with E-state index in [1.54, 1.807) is 12.5 Å². The van der Waals surface area contributed by atoms with Crippen LogP contribution < -0.4 is 4.72 Å². The average Bonchev–Trinajstić information content (AvgIpc) is 1.85. The van der Waals surface area contributed by atoms with Gasteiger partial charge in [-0.25, -0.2) is 0 Å². The van der Waals surface area contributed by atoms with E-state index < -0.39 is 10.1 Å². The second kappa shape index (κ2) is 4.60. The van der Waals surface area contributed by atoms with E-state index in [0.717, 1.165) is 12.8 Å². The minimum Gasteiger partial charge on any atom is -0.297 e. The fraction of sp³-hybridized carbons (Fsp3) is 0.875. The normalized spacial score (nSPS) is 13.1. The Morgan fingerprint density at radius 1 is 1.33 bits per heavy atom. The highest BCUT2D eigenvalue weighted by molar-refractivity contribution is 8.00. The van der Waals surface area contributed by atoms with Crippen LogP contribution in [0.25, 0.3) is 0 Å². The van der Waals surface area contributed by atoms with E-state index in [2.05, 4.69) is 4.72 Å². The fourth-order valence-electron chi connectivity index (χ4n) is 1.02. The van der Waals surface area contributed by atoms with Gasteiger partial charge in [0, 0.05) is 18.4 Å². The van der Waals surface area contributed by atoms with Crippen molar-refractivity contribution in [3.63, 3.8) is 0 Å². The number of hydrogen-bond acceptors (Lipinski definition) is 2. The Balaban J connectivity index is 4.11. The van der Waals surface area contributed by atoms with Crippen LogP contribution in [0.15, 0.2) is 0 Å². The second-order valence-corrected chi connectivity index (χ2v) is 6.27. The van der Waals surface area contributed by atoms with Crippen LogP contribution in [0.5, 0.6) is 0 Å². The maximum atomic E-state index is 11.3. The molecule has 0 atom stereocenters. The third-order valence-electron chi connectivity index (χ3n) is 1.74. The molecule has 12 heavy (non-hydrogen) atoms. The van der Waals surface area contributed by atoms with E-state index in [-0.39, 0.29) is 11.8 Å². The third kappa shape index (κ3) is 4.49. The van der Waals surface area contributed by atoms with Crippen LogP contribution in [-0.2, 0) is 14.9 Å². The van der Waals surface area contributed by atoms with Gasteiger partial charge in [-0.15, -0.1) is 0 Å². The van der Waals surface area contributed by atoms with Gasteiger partial charge in [0.25, 0.3) is 0 Å². The molecule has 0 aliphatic carbocycles. The molecule has 74 valence electrons. The molecule has 0 aromatic heterocycles. The van der Waals surface area contributed by atoms with Gasteiger partial charge in [-0.05, 0) is 23.0 Å². The first-order chi connectivity index (χ1) is 5.40. The van der Waals surface area contributed by atoms with Crippen molar-refractivity contribution in [2.24, 2.45) is 5.92 Å². The Labute approximate surface area is 75.5 Å². The summed E-state index contributed by atoms with van der Waals surface area (Å²) in [7, 11) is -2.40. The van der Waals surface area contributed by atoms with E-state index >= 15 is 0 Å². The van der Waals surface area contributed by atoms with Gasteiger partial charge >= 0.3 is 0 Å². The smallest absolute Gasteiger partial charge is 0.233 e. The molecule has 0 heterocycles. The van der Waals surface area contributed by atoms with Crippen molar-refractivity contribution < 1.29 is 9.00 Å². The van der Waals surface area contributed by atoms with E-state index in [9.17, 15) is 9.00 Å². The molecule has 0 bridgehead atoms. The number of carbonyl (C=O) groups is 1. The molecule has 0 spiro atoms. The largest absolute Gasteiger partial charge is 0.297 e. The lowest BCUT2D eigenvalue weighted by atomic mass is 10.0. The lowest BCUT2D eigenvalue weighted by Gasteiger charge is -2.18. The molecule has 0 saturated heterocycles. The van der Waals surface area contributed by atoms with Crippen molar-refractivity contribution in [1.82, 2.24) is 4.72 Å². The predicted molar refractivity (Wildman–Crippen MR) is 53.6 cm³/mol. The second-order valence-electron chi connectivity index (χ2n) is 3.34. The first-order valence-corrected chi connectivity index (χ1v) is 6.88. The first-order valence-electron chi connectivity index (χ1n) is 4.27. The number of hydrogen-bond donors (Lipinski definition) is 2. The standard InChI is InChI=1S/C8H19NO2S/c1-5-7(6-2)8(10)9-12(3,4)11/h7,12H,5-6H2,1-4H3,(H,9,10,11). The monoisotopic (exact) mass is 193 g/mol. The quantitative estimate of drug-likeness (QED) is 0.647. The lowest BCUT2D eigenvalue weighted by Crippen LogP contribution is -2.38. The molecular formula is C8H19NO2S. The molecule has 3 nitrogen and oxygen atoms in total. The zero-order valence-electron chi connectivity index (χ0n) is 8.26. The molecule has 0 aromatic carbocycles. The Morgan fingerprint density at radius 3 is 2.00 bits per heavy atom. The Morgan fingerprint density at radius 2 is 1.75 bits per heavy atom. The fourth-order valence-corrected chi connectivity index (χ4v) is 1.73. The van der Waals surface area contributed by atoms with Crippen LogP contribution >= 0.6 is 0 Å². The summed E-state index contributed by atoms with van der Waals surface area (Å²) in [5.41, 5.74) is 0. The molecule has 1 N–H and O–H groups in total. The average molecular weight is 193 g/mol. The third-order valence-corrected chi connectivity index (χ3v) is 2.49. The molecular weight excluding hydrogens is 174 g/mol. The van der Waals surface area contributed by atoms with Crippen LogP contribution in [0.1, 0.15) is 26.7 Å². The van der Waals surface area contributed by atoms with E-state index in [4.69, 9.17) is 0 Å². The molecule has 0 rings (SSSR count). The van der Waals surface area contributed by atoms with Crippen LogP contribution in [0.2, 0.25) is 0 Å². The van der Waals surface area contributed by atoms with Gasteiger partial charge in [0.2, 0.25) is 5.91 Å². The van der Waals surface area contributed by atoms with Gasteiger partial charge in [0.1, 0.15) is 0 Å². The number of carbonyl (C=O) groups excluding carboxylic acids is 1. The summed E-state index contributed by atoms with van der Waals surface area (Å²) in [6.45, 7) is 3.92. The van der Waals surface area contributed by atoms with Crippen molar-refractivity contribution in [3.8, 4) is 0 Å². The molecule has 0 saturated carbocycles. The van der Waals surface area contributed by atoms with E-state index in [1.165, 1.54) is 0 Å². The maximum Gasteiger partial charge on any atom is 0.233 e. The molecule has 0 aliphatic heterocycles. The number of amides is 1. The van der Waals surface area contributed by atoms with Crippen molar-refractivity contribution >= 4 is 16.0 Å². The highest BCUT2D eigenvalue weighted by Crippen LogP contribution is 2.07. The minimum absolute atomic E-state index is 0.0122. The molecule has 0 aliphatic rings. The Bertz CT molecular complexity index is 193. The first kappa shape index (κ1) is 11.6. The summed E-state index contributed by atoms with van der Waals surface area (Å²) in [6, 6.07) is 0. The van der Waals surface area contributed by atoms with Crippen molar-refractivity contribution in [1.29, 1.82) is 0 Å². The Kier molecular flexibility index (Phi) is 4.45. The number of thiol groups is 1. The molecule has 0 unspecified atom stereocenters. The SMILES string of the molecule is CCC(CC)C(=O)N[SH](C)(C)=O. The van der Waals surface area contributed by atoms with Gasteiger partial charge in [-0.2, -0.15) is 0 Å². The lowest BCUT2D eigenvalue weighted by molar-refractivity contribution is -0.123. The van der Waals surface area contributed by atoms with Gasteiger partial charge < -0.3 is 0 Å². The summed E-state index contributed by atoms with van der Waals surface area (Å²) >= 11 is 0. The summed E-state index contributed by atoms with van der Waals surface area (Å²) in [4.78, 5) is 11.3. The number of rotatable bonds is 4. The van der Waals surface area contributed by atoms with Crippen LogP contribution in [0.3, 0.4) is 0 Å². The predicted octanol–water partition coefficient (Wildman–Crippen LogP) is 0.730. The molecule has 4 heteroatoms. The molecule has 0 aromatic rings. The summed E-state index contributed by atoms with van der Waals surface area (Å²) in [6.07, 6.45) is 4.74. The van der Waals surface area contributed by atoms with Gasteiger partial charge in [-0.3, -0.25) is 13.7 Å². The van der Waals surface area contributed by atoms with Crippen LogP contribution in [0, 0.1) is 5.92 Å². The summed E-state index contributed by atoms with van der Waals surface area (Å²) < 4.78 is 13.8. The highest BCUT2D eigenvalue weighted by Gasteiger charge is 2.15. The van der Waals surface area contributed by atoms with Crippen molar-refractivity contribution in [2.75, 3.05) is 12.5 Å². The summed E-state index contributed by atoms with van der Waals surface area (Å²) in [5.74, 6) is -0.0634. The summed E-state index contributed by atoms with van der Waals surface area (Å²) in [5, 5.41) is 0. The van der Waals surface area contributed by atoms with Gasteiger partial charge in [-0.1, -0.05) is 13.8 Å². The van der Waals surface area contributed by atoms with Crippen LogP contribution in [0.4, 0.5) is 0 Å². The molecule has 1 amide bonds. The van der Waals surface area contributed by atoms with E-state index in [1.807, 2.05) is 13.8 Å². The van der Waals surface area contributed by atoms with Gasteiger partial charge in [0.15, 0.2) is 0 Å². The van der Waals surface area contributed by atoms with Crippen molar-refractivity contribution in [2.45, 2.75) is 26.7 Å². The molecule has 0 radical (unpaired) electrons. The Hall–Kier alpha value is -0.380. The number of nitrogens with one attached hydrogen (secondary N) is 1. The highest BCUT2D eigenvalue weighted by atomic mass is 32.3. The minimum atomic E-state index is -2.40. The maximum absolute atomic E-state index is 11.3. The van der Waals surface area contributed by atoms with Crippen LogP contribution in [-0.4, -0.2) is 22.6 Å². The van der Waals surface area contributed by atoms with Crippen molar-refractivity contribution in [3.05, 3.63) is 0 Å².